The van der Waals surface area contributed by atoms with Crippen LogP contribution in [0, 0.1) is 11.7 Å². The van der Waals surface area contributed by atoms with E-state index in [2.05, 4.69) is 12.2 Å². The molecule has 0 aliphatic heterocycles. The first kappa shape index (κ1) is 19.9. The summed E-state index contributed by atoms with van der Waals surface area (Å²) in [6, 6.07) is 6.42. The van der Waals surface area contributed by atoms with Gasteiger partial charge in [-0.2, -0.15) is 0 Å². The Kier molecular flexibility index (Phi) is 10.0. The van der Waals surface area contributed by atoms with E-state index in [0.717, 1.165) is 24.8 Å². The lowest BCUT2D eigenvalue weighted by atomic mass is 9.99. The molecule has 0 saturated heterocycles. The van der Waals surface area contributed by atoms with Gasteiger partial charge in [0.05, 0.1) is 0 Å². The van der Waals surface area contributed by atoms with Crippen LogP contribution in [0.25, 0.3) is 0 Å². The molecule has 0 fully saturated rings. The van der Waals surface area contributed by atoms with Crippen LogP contribution in [0.2, 0.25) is 0 Å². The number of hydrogen-bond donors (Lipinski definition) is 2. The molecule has 1 aromatic rings. The number of nitrogens with two attached hydrogens (primary N) is 1. The first-order chi connectivity index (χ1) is 9.56. The number of nitrogens with one attached hydrogen (secondary N) is 1. The minimum Gasteiger partial charge on any atom is -0.352 e. The molecule has 1 amide bonds. The Hall–Kier alpha value is -1.13. The zero-order chi connectivity index (χ0) is 15.0. The molecular formula is C16H26ClFN2O. The van der Waals surface area contributed by atoms with E-state index in [9.17, 15) is 9.18 Å². The molecule has 1 aromatic carbocycles. The number of amides is 1. The molecule has 120 valence electrons. The highest BCUT2D eigenvalue weighted by Gasteiger charge is 2.17. The van der Waals surface area contributed by atoms with E-state index in [1.54, 1.807) is 6.07 Å². The lowest BCUT2D eigenvalue weighted by molar-refractivity contribution is -0.125. The van der Waals surface area contributed by atoms with E-state index >= 15 is 0 Å². The number of rotatable bonds is 8. The van der Waals surface area contributed by atoms with E-state index < -0.39 is 0 Å². The molecule has 1 rings (SSSR count). The second-order valence-corrected chi connectivity index (χ2v) is 5.32. The van der Waals surface area contributed by atoms with Crippen LogP contribution in [-0.2, 0) is 11.2 Å². The normalized spacial score (nSPS) is 13.1. The van der Waals surface area contributed by atoms with Gasteiger partial charge in [0.2, 0.25) is 5.91 Å². The number of carbonyl (C=O) groups excluding carboxylic acids is 1. The highest BCUT2D eigenvalue weighted by molar-refractivity contribution is 5.85. The summed E-state index contributed by atoms with van der Waals surface area (Å²) in [5, 5.41) is 2.98. The molecule has 0 radical (unpaired) electrons. The molecule has 5 heteroatoms. The van der Waals surface area contributed by atoms with Crippen molar-refractivity contribution >= 4 is 18.3 Å². The summed E-state index contributed by atoms with van der Waals surface area (Å²) in [5.41, 5.74) is 6.51. The van der Waals surface area contributed by atoms with Gasteiger partial charge in [-0.15, -0.1) is 12.4 Å². The number of unbranched alkanes of at least 4 members (excludes halogenated alkanes) is 1. The highest BCUT2D eigenvalue weighted by atomic mass is 35.5. The van der Waals surface area contributed by atoms with Gasteiger partial charge in [-0.3, -0.25) is 4.79 Å². The second kappa shape index (κ2) is 10.6. The Morgan fingerprint density at radius 2 is 2.14 bits per heavy atom. The van der Waals surface area contributed by atoms with Crippen molar-refractivity contribution in [3.63, 3.8) is 0 Å². The van der Waals surface area contributed by atoms with Gasteiger partial charge >= 0.3 is 0 Å². The van der Waals surface area contributed by atoms with Crippen molar-refractivity contribution in [3.05, 3.63) is 35.6 Å². The maximum Gasteiger partial charge on any atom is 0.223 e. The van der Waals surface area contributed by atoms with E-state index in [1.807, 2.05) is 13.0 Å². The second-order valence-electron chi connectivity index (χ2n) is 5.32. The zero-order valence-electron chi connectivity index (χ0n) is 12.8. The summed E-state index contributed by atoms with van der Waals surface area (Å²) in [7, 11) is 0. The van der Waals surface area contributed by atoms with Crippen molar-refractivity contribution in [1.82, 2.24) is 5.32 Å². The predicted molar refractivity (Wildman–Crippen MR) is 87.0 cm³/mol. The molecule has 0 heterocycles. The van der Waals surface area contributed by atoms with Gasteiger partial charge in [0.1, 0.15) is 5.82 Å². The third-order valence-electron chi connectivity index (χ3n) is 3.42. The predicted octanol–water partition coefficient (Wildman–Crippen LogP) is 3.06. The Morgan fingerprint density at radius 3 is 2.71 bits per heavy atom. The Morgan fingerprint density at radius 1 is 1.43 bits per heavy atom. The minimum absolute atomic E-state index is 0. The summed E-state index contributed by atoms with van der Waals surface area (Å²) < 4.78 is 13.1. The van der Waals surface area contributed by atoms with Crippen molar-refractivity contribution < 1.29 is 9.18 Å². The van der Waals surface area contributed by atoms with Gasteiger partial charge in [-0.25, -0.2) is 4.39 Å². The molecule has 2 atom stereocenters. The summed E-state index contributed by atoms with van der Waals surface area (Å²) in [4.78, 5) is 12.1. The SMILES string of the molecule is CCCCC(CN)NC(=O)C(C)Cc1cccc(F)c1.Cl. The first-order valence-electron chi connectivity index (χ1n) is 7.31. The first-order valence-corrected chi connectivity index (χ1v) is 7.31. The van der Waals surface area contributed by atoms with Crippen molar-refractivity contribution in [2.45, 2.75) is 45.6 Å². The lowest BCUT2D eigenvalue weighted by Gasteiger charge is -2.19. The van der Waals surface area contributed by atoms with E-state index in [1.165, 1.54) is 12.1 Å². The Balaban J connectivity index is 0.00000400. The summed E-state index contributed by atoms with van der Waals surface area (Å²) >= 11 is 0. The van der Waals surface area contributed by atoms with Crippen molar-refractivity contribution in [3.8, 4) is 0 Å². The molecule has 0 aromatic heterocycles. The fraction of sp³-hybridized carbons (Fsp3) is 0.562. The smallest absolute Gasteiger partial charge is 0.223 e. The summed E-state index contributed by atoms with van der Waals surface area (Å²) in [6.45, 7) is 4.42. The number of halogens is 2. The molecule has 0 aliphatic carbocycles. The third-order valence-corrected chi connectivity index (χ3v) is 3.42. The van der Waals surface area contributed by atoms with Crippen LogP contribution in [-0.4, -0.2) is 18.5 Å². The van der Waals surface area contributed by atoms with E-state index in [0.29, 0.717) is 13.0 Å². The topological polar surface area (TPSA) is 55.1 Å². The zero-order valence-corrected chi connectivity index (χ0v) is 13.6. The molecule has 3 nitrogen and oxygen atoms in total. The van der Waals surface area contributed by atoms with Crippen LogP contribution in [0.4, 0.5) is 4.39 Å². The maximum absolute atomic E-state index is 13.1. The number of carbonyl (C=O) groups is 1. The third kappa shape index (κ3) is 7.44. The number of hydrogen-bond acceptors (Lipinski definition) is 2. The Bertz CT molecular complexity index is 428. The standard InChI is InChI=1S/C16H25FN2O.ClH/c1-3-4-8-15(11-18)19-16(20)12(2)9-13-6-5-7-14(17)10-13;/h5-7,10,12,15H,3-4,8-9,11,18H2,1-2H3,(H,19,20);1H. The molecule has 0 bridgehead atoms. The van der Waals surface area contributed by atoms with Crippen LogP contribution in [0.5, 0.6) is 0 Å². The average Bonchev–Trinajstić information content (AvgIpc) is 2.43. The van der Waals surface area contributed by atoms with Crippen LogP contribution in [0.1, 0.15) is 38.7 Å². The molecule has 0 spiro atoms. The quantitative estimate of drug-likeness (QED) is 0.774. The lowest BCUT2D eigenvalue weighted by Crippen LogP contribution is -2.42. The van der Waals surface area contributed by atoms with Gasteiger partial charge in [0, 0.05) is 18.5 Å². The Labute approximate surface area is 132 Å². The fourth-order valence-electron chi connectivity index (χ4n) is 2.15. The molecule has 0 saturated carbocycles. The molecule has 2 unspecified atom stereocenters. The van der Waals surface area contributed by atoms with Gasteiger partial charge in [0.15, 0.2) is 0 Å². The largest absolute Gasteiger partial charge is 0.352 e. The van der Waals surface area contributed by atoms with Crippen molar-refractivity contribution in [2.75, 3.05) is 6.54 Å². The van der Waals surface area contributed by atoms with Crippen LogP contribution in [0.15, 0.2) is 24.3 Å². The van der Waals surface area contributed by atoms with Gasteiger partial charge in [-0.1, -0.05) is 38.8 Å². The fourth-order valence-corrected chi connectivity index (χ4v) is 2.15. The molecule has 21 heavy (non-hydrogen) atoms. The van der Waals surface area contributed by atoms with Gasteiger partial charge in [-0.05, 0) is 30.5 Å². The highest BCUT2D eigenvalue weighted by Crippen LogP contribution is 2.11. The summed E-state index contributed by atoms with van der Waals surface area (Å²) in [6.07, 6.45) is 3.59. The van der Waals surface area contributed by atoms with Crippen LogP contribution in [0.3, 0.4) is 0 Å². The van der Waals surface area contributed by atoms with Gasteiger partial charge < -0.3 is 11.1 Å². The monoisotopic (exact) mass is 316 g/mol. The maximum atomic E-state index is 13.1. The number of benzene rings is 1. The minimum atomic E-state index is -0.266. The van der Waals surface area contributed by atoms with Crippen LogP contribution < -0.4 is 11.1 Å². The molecule has 3 N–H and O–H groups in total. The van der Waals surface area contributed by atoms with E-state index in [4.69, 9.17) is 5.73 Å². The van der Waals surface area contributed by atoms with Crippen molar-refractivity contribution in [1.29, 1.82) is 0 Å². The van der Waals surface area contributed by atoms with Gasteiger partial charge in [0.25, 0.3) is 0 Å². The van der Waals surface area contributed by atoms with Crippen molar-refractivity contribution in [2.24, 2.45) is 11.7 Å². The summed E-state index contributed by atoms with van der Waals surface area (Å²) in [5.74, 6) is -0.467. The van der Waals surface area contributed by atoms with E-state index in [-0.39, 0.29) is 36.1 Å². The average molecular weight is 317 g/mol. The molecule has 0 aliphatic rings. The van der Waals surface area contributed by atoms with Crippen LogP contribution >= 0.6 is 12.4 Å². The molecular weight excluding hydrogens is 291 g/mol.